The first-order chi connectivity index (χ1) is 11.5. The van der Waals surface area contributed by atoms with Gasteiger partial charge in [0.1, 0.15) is 5.75 Å². The highest BCUT2D eigenvalue weighted by Gasteiger charge is 2.06. The molecule has 0 saturated heterocycles. The maximum absolute atomic E-state index is 12.1. The van der Waals surface area contributed by atoms with Crippen molar-refractivity contribution in [3.05, 3.63) is 65.2 Å². The fourth-order valence-electron chi connectivity index (χ4n) is 1.98. The first-order valence-corrected chi connectivity index (χ1v) is 7.09. The number of aldehydes is 1. The summed E-state index contributed by atoms with van der Waals surface area (Å²) in [5.74, 6) is -0.0564. The Morgan fingerprint density at radius 1 is 1.04 bits per heavy atom. The van der Waals surface area contributed by atoms with Crippen molar-refractivity contribution in [2.24, 2.45) is 0 Å². The SMILES string of the molecule is COc1cc(C=CC(=O)C(C=O)=Cc2ccc(O)cc2)ccc1O. The molecule has 24 heavy (non-hydrogen) atoms. The normalized spacial score (nSPS) is 11.5. The molecule has 5 nitrogen and oxygen atoms in total. The van der Waals surface area contributed by atoms with E-state index < -0.39 is 5.78 Å². The van der Waals surface area contributed by atoms with Gasteiger partial charge in [0.15, 0.2) is 23.6 Å². The summed E-state index contributed by atoms with van der Waals surface area (Å²) in [5.41, 5.74) is 1.26. The predicted octanol–water partition coefficient (Wildman–Crippen LogP) is 2.97. The minimum atomic E-state index is -0.454. The van der Waals surface area contributed by atoms with Crippen LogP contribution in [0.4, 0.5) is 0 Å². The van der Waals surface area contributed by atoms with Gasteiger partial charge in [-0.2, -0.15) is 0 Å². The Kier molecular flexibility index (Phi) is 5.52. The van der Waals surface area contributed by atoms with Crippen molar-refractivity contribution >= 4 is 24.2 Å². The van der Waals surface area contributed by atoms with Gasteiger partial charge in [-0.15, -0.1) is 0 Å². The van der Waals surface area contributed by atoms with Crippen LogP contribution in [0.1, 0.15) is 11.1 Å². The second-order valence-corrected chi connectivity index (χ2v) is 4.94. The highest BCUT2D eigenvalue weighted by atomic mass is 16.5. The van der Waals surface area contributed by atoms with Gasteiger partial charge < -0.3 is 14.9 Å². The van der Waals surface area contributed by atoms with Gasteiger partial charge in [-0.25, -0.2) is 0 Å². The lowest BCUT2D eigenvalue weighted by Gasteiger charge is -2.03. The van der Waals surface area contributed by atoms with Gasteiger partial charge in [0, 0.05) is 0 Å². The minimum absolute atomic E-state index is 0.00165. The fourth-order valence-corrected chi connectivity index (χ4v) is 1.98. The number of ketones is 1. The zero-order valence-electron chi connectivity index (χ0n) is 13.0. The summed E-state index contributed by atoms with van der Waals surface area (Å²) in [6, 6.07) is 10.8. The molecule has 2 aromatic rings. The van der Waals surface area contributed by atoms with Crippen molar-refractivity contribution < 1.29 is 24.5 Å². The number of aromatic hydroxyl groups is 2. The topological polar surface area (TPSA) is 83.8 Å². The molecule has 2 aromatic carbocycles. The highest BCUT2D eigenvalue weighted by molar-refractivity contribution is 6.21. The lowest BCUT2D eigenvalue weighted by Crippen LogP contribution is -1.99. The number of methoxy groups -OCH3 is 1. The van der Waals surface area contributed by atoms with Crippen molar-refractivity contribution in [3.8, 4) is 17.2 Å². The Hall–Kier alpha value is -3.34. The third-order valence-corrected chi connectivity index (χ3v) is 3.26. The number of hydrogen-bond donors (Lipinski definition) is 2. The minimum Gasteiger partial charge on any atom is -0.508 e. The molecule has 0 amide bonds. The average Bonchev–Trinajstić information content (AvgIpc) is 2.60. The van der Waals surface area contributed by atoms with Gasteiger partial charge in [0.05, 0.1) is 12.7 Å². The Labute approximate surface area is 139 Å². The molecule has 0 heterocycles. The van der Waals surface area contributed by atoms with E-state index in [9.17, 15) is 19.8 Å². The molecular weight excluding hydrogens is 308 g/mol. The van der Waals surface area contributed by atoms with Crippen LogP contribution in [-0.4, -0.2) is 29.4 Å². The van der Waals surface area contributed by atoms with E-state index in [1.807, 2.05) is 0 Å². The van der Waals surface area contributed by atoms with Crippen LogP contribution in [0.2, 0.25) is 0 Å². The summed E-state index contributed by atoms with van der Waals surface area (Å²) in [6.07, 6.45) is 4.72. The molecule has 0 radical (unpaired) electrons. The number of rotatable bonds is 6. The van der Waals surface area contributed by atoms with Gasteiger partial charge in [-0.3, -0.25) is 9.59 Å². The van der Waals surface area contributed by atoms with Crippen LogP contribution in [0.3, 0.4) is 0 Å². The highest BCUT2D eigenvalue weighted by Crippen LogP contribution is 2.26. The van der Waals surface area contributed by atoms with Crippen LogP contribution >= 0.6 is 0 Å². The smallest absolute Gasteiger partial charge is 0.189 e. The third-order valence-electron chi connectivity index (χ3n) is 3.26. The van der Waals surface area contributed by atoms with E-state index in [4.69, 9.17) is 4.74 Å². The van der Waals surface area contributed by atoms with Crippen LogP contribution in [0.15, 0.2) is 54.1 Å². The zero-order chi connectivity index (χ0) is 17.5. The average molecular weight is 324 g/mol. The van der Waals surface area contributed by atoms with E-state index in [1.165, 1.54) is 43.5 Å². The molecule has 0 aliphatic rings. The number of benzene rings is 2. The Morgan fingerprint density at radius 3 is 2.33 bits per heavy atom. The lowest BCUT2D eigenvalue weighted by atomic mass is 10.1. The molecule has 0 aliphatic carbocycles. The van der Waals surface area contributed by atoms with Gasteiger partial charge >= 0.3 is 0 Å². The van der Waals surface area contributed by atoms with Crippen molar-refractivity contribution in [2.75, 3.05) is 7.11 Å². The van der Waals surface area contributed by atoms with Crippen molar-refractivity contribution in [2.45, 2.75) is 0 Å². The maximum atomic E-state index is 12.1. The molecule has 0 fully saturated rings. The summed E-state index contributed by atoms with van der Waals surface area (Å²) in [5, 5.41) is 18.8. The molecule has 2 rings (SSSR count). The van der Waals surface area contributed by atoms with E-state index in [1.54, 1.807) is 24.3 Å². The lowest BCUT2D eigenvalue weighted by molar-refractivity contribution is -0.113. The number of ether oxygens (including phenoxy) is 1. The molecule has 5 heteroatoms. The van der Waals surface area contributed by atoms with Crippen molar-refractivity contribution in [3.63, 3.8) is 0 Å². The van der Waals surface area contributed by atoms with Crippen LogP contribution in [0.5, 0.6) is 17.2 Å². The molecule has 0 aliphatic heterocycles. The second kappa shape index (κ2) is 7.78. The van der Waals surface area contributed by atoms with Gasteiger partial charge in [-0.1, -0.05) is 24.3 Å². The van der Waals surface area contributed by atoms with Crippen molar-refractivity contribution in [1.82, 2.24) is 0 Å². The largest absolute Gasteiger partial charge is 0.508 e. The standard InChI is InChI=1S/C19H16O5/c1-24-19-11-14(5-9-18(19)23)4-8-17(22)15(12-20)10-13-2-6-16(21)7-3-13/h2-12,21,23H,1H3. The Bertz CT molecular complexity index is 801. The number of phenolic OH excluding ortho intramolecular Hbond substituents is 2. The van der Waals surface area contributed by atoms with E-state index in [2.05, 4.69) is 0 Å². The predicted molar refractivity (Wildman–Crippen MR) is 90.8 cm³/mol. The first kappa shape index (κ1) is 17.0. The maximum Gasteiger partial charge on any atom is 0.189 e. The van der Waals surface area contributed by atoms with Crippen LogP contribution in [-0.2, 0) is 9.59 Å². The number of hydrogen-bond acceptors (Lipinski definition) is 5. The molecule has 0 aromatic heterocycles. The van der Waals surface area contributed by atoms with Crippen LogP contribution < -0.4 is 4.74 Å². The van der Waals surface area contributed by atoms with Gasteiger partial charge in [0.2, 0.25) is 0 Å². The molecule has 0 unspecified atom stereocenters. The number of carbonyl (C=O) groups is 2. The summed E-state index contributed by atoms with van der Waals surface area (Å²) < 4.78 is 4.99. The molecule has 0 atom stereocenters. The number of carbonyl (C=O) groups excluding carboxylic acids is 2. The zero-order valence-corrected chi connectivity index (χ0v) is 13.0. The summed E-state index contributed by atoms with van der Waals surface area (Å²) in [6.45, 7) is 0. The van der Waals surface area contributed by atoms with Crippen LogP contribution in [0, 0.1) is 0 Å². The number of allylic oxidation sites excluding steroid dienone is 2. The molecule has 0 spiro atoms. The Balaban J connectivity index is 2.20. The molecular formula is C19H16O5. The quantitative estimate of drug-likeness (QED) is 0.369. The van der Waals surface area contributed by atoms with Crippen molar-refractivity contribution in [1.29, 1.82) is 0 Å². The molecule has 2 N–H and O–H groups in total. The monoisotopic (exact) mass is 324 g/mol. The van der Waals surface area contributed by atoms with Crippen LogP contribution in [0.25, 0.3) is 12.2 Å². The summed E-state index contributed by atoms with van der Waals surface area (Å²) in [7, 11) is 1.43. The summed E-state index contributed by atoms with van der Waals surface area (Å²) in [4.78, 5) is 23.3. The molecule has 0 bridgehead atoms. The Morgan fingerprint density at radius 2 is 1.71 bits per heavy atom. The van der Waals surface area contributed by atoms with E-state index >= 15 is 0 Å². The van der Waals surface area contributed by atoms with Gasteiger partial charge in [-0.05, 0) is 47.5 Å². The molecule has 122 valence electrons. The van der Waals surface area contributed by atoms with E-state index in [-0.39, 0.29) is 17.1 Å². The second-order valence-electron chi connectivity index (χ2n) is 4.94. The fraction of sp³-hybridized carbons (Fsp3) is 0.0526. The molecule has 0 saturated carbocycles. The van der Waals surface area contributed by atoms with Gasteiger partial charge in [0.25, 0.3) is 0 Å². The first-order valence-electron chi connectivity index (χ1n) is 7.09. The van der Waals surface area contributed by atoms with E-state index in [0.717, 1.165) is 0 Å². The van der Waals surface area contributed by atoms with E-state index in [0.29, 0.717) is 23.2 Å². The third kappa shape index (κ3) is 4.33. The number of phenols is 2. The summed E-state index contributed by atoms with van der Waals surface area (Å²) >= 11 is 0.